The second kappa shape index (κ2) is 12.2. The van der Waals surface area contributed by atoms with Gasteiger partial charge in [0.1, 0.15) is 6.10 Å². The van der Waals surface area contributed by atoms with Gasteiger partial charge in [-0.1, -0.05) is 67.4 Å². The normalized spacial score (nSPS) is 19.9. The highest BCUT2D eigenvalue weighted by Gasteiger charge is 2.33. The molecule has 3 atom stereocenters. The zero-order valence-electron chi connectivity index (χ0n) is 21.3. The van der Waals surface area contributed by atoms with E-state index in [2.05, 4.69) is 59.9 Å². The molecule has 1 aliphatic rings. The standard InChI is InChI=1S/C31H37NO5/c33-20-27-26(34)19-29(37-27)36-18-4-2-1-3-17-32-28(35)10-6-7-21-11-12-24-14-13-22-8-5-9-23-15-16-25(21)31(24)30(22)23/h5,8-9,11-16,26-27,29,33-34H,1-4,6-7,10,17-20H2,(H,32,35)/t26-,27+,29+/m0/s1. The fourth-order valence-corrected chi connectivity index (χ4v) is 5.53. The average Bonchev–Trinajstić information content (AvgIpc) is 3.28. The topological polar surface area (TPSA) is 88.0 Å². The van der Waals surface area contributed by atoms with Gasteiger partial charge in [-0.3, -0.25) is 4.79 Å². The van der Waals surface area contributed by atoms with Gasteiger partial charge in [-0.2, -0.15) is 0 Å². The van der Waals surface area contributed by atoms with Crippen molar-refractivity contribution in [3.05, 3.63) is 60.2 Å². The van der Waals surface area contributed by atoms with Crippen LogP contribution < -0.4 is 5.32 Å². The minimum Gasteiger partial charge on any atom is -0.394 e. The van der Waals surface area contributed by atoms with Crippen molar-refractivity contribution < 1.29 is 24.5 Å². The molecule has 1 saturated heterocycles. The van der Waals surface area contributed by atoms with Crippen molar-refractivity contribution in [1.29, 1.82) is 0 Å². The van der Waals surface area contributed by atoms with E-state index < -0.39 is 18.5 Å². The predicted molar refractivity (Wildman–Crippen MR) is 147 cm³/mol. The summed E-state index contributed by atoms with van der Waals surface area (Å²) >= 11 is 0. The highest BCUT2D eigenvalue weighted by Crippen LogP contribution is 2.36. The summed E-state index contributed by atoms with van der Waals surface area (Å²) in [5.74, 6) is 0.122. The smallest absolute Gasteiger partial charge is 0.220 e. The number of hydrogen-bond acceptors (Lipinski definition) is 5. The predicted octanol–water partition coefficient (Wildman–Crippen LogP) is 5.07. The third-order valence-corrected chi connectivity index (χ3v) is 7.54. The van der Waals surface area contributed by atoms with E-state index in [0.29, 0.717) is 26.0 Å². The summed E-state index contributed by atoms with van der Waals surface area (Å²) in [5.41, 5.74) is 1.31. The summed E-state index contributed by atoms with van der Waals surface area (Å²) in [6.45, 7) is 1.09. The van der Waals surface area contributed by atoms with Crippen molar-refractivity contribution >= 4 is 38.2 Å². The maximum absolute atomic E-state index is 12.3. The van der Waals surface area contributed by atoms with Gasteiger partial charge in [-0.15, -0.1) is 0 Å². The van der Waals surface area contributed by atoms with E-state index in [1.54, 1.807) is 0 Å². The lowest BCUT2D eigenvalue weighted by Crippen LogP contribution is -2.24. The second-order valence-electron chi connectivity index (χ2n) is 10.2. The molecule has 0 radical (unpaired) electrons. The molecule has 0 bridgehead atoms. The van der Waals surface area contributed by atoms with Crippen LogP contribution in [-0.4, -0.2) is 54.4 Å². The van der Waals surface area contributed by atoms with Gasteiger partial charge in [-0.05, 0) is 63.6 Å². The van der Waals surface area contributed by atoms with Crippen LogP contribution in [0.1, 0.15) is 50.5 Å². The van der Waals surface area contributed by atoms with E-state index in [9.17, 15) is 9.90 Å². The number of amides is 1. The first-order valence-electron chi connectivity index (χ1n) is 13.6. The quantitative estimate of drug-likeness (QED) is 0.175. The number of hydrogen-bond donors (Lipinski definition) is 3. The molecule has 6 heteroatoms. The van der Waals surface area contributed by atoms with Gasteiger partial charge >= 0.3 is 0 Å². The number of carbonyl (C=O) groups excluding carboxylic acids is 1. The van der Waals surface area contributed by atoms with Crippen molar-refractivity contribution in [2.75, 3.05) is 19.8 Å². The van der Waals surface area contributed by atoms with E-state index in [0.717, 1.165) is 38.5 Å². The summed E-state index contributed by atoms with van der Waals surface area (Å²) in [6, 6.07) is 19.8. The van der Waals surface area contributed by atoms with Gasteiger partial charge in [0.25, 0.3) is 0 Å². The Hall–Kier alpha value is -2.77. The number of rotatable bonds is 13. The summed E-state index contributed by atoms with van der Waals surface area (Å²) in [7, 11) is 0. The van der Waals surface area contributed by atoms with Crippen LogP contribution in [0, 0.1) is 0 Å². The summed E-state index contributed by atoms with van der Waals surface area (Å²) in [4.78, 5) is 12.3. The molecular formula is C31H37NO5. The summed E-state index contributed by atoms with van der Waals surface area (Å²) in [5, 5.41) is 29.7. The van der Waals surface area contributed by atoms with Crippen LogP contribution in [-0.2, 0) is 20.7 Å². The average molecular weight is 504 g/mol. The Morgan fingerprint density at radius 2 is 1.65 bits per heavy atom. The SMILES string of the molecule is O=C(CCCc1ccc2ccc3cccc4ccc1c2c34)NCCCCCCO[C@H]1C[C@H](O)[C@@H](CO)O1. The molecule has 6 nitrogen and oxygen atoms in total. The molecule has 1 fully saturated rings. The number of aliphatic hydroxyl groups is 2. The number of aliphatic hydroxyl groups excluding tert-OH is 2. The van der Waals surface area contributed by atoms with E-state index in [-0.39, 0.29) is 12.5 Å². The Kier molecular flexibility index (Phi) is 8.52. The Bertz CT molecular complexity index is 1310. The number of unbranched alkanes of at least 4 members (excludes halogenated alkanes) is 3. The van der Waals surface area contributed by atoms with Crippen molar-refractivity contribution in [3.63, 3.8) is 0 Å². The van der Waals surface area contributed by atoms with Gasteiger partial charge < -0.3 is 25.0 Å². The third-order valence-electron chi connectivity index (χ3n) is 7.54. The highest BCUT2D eigenvalue weighted by molar-refractivity contribution is 6.23. The zero-order chi connectivity index (χ0) is 25.6. The van der Waals surface area contributed by atoms with Crippen molar-refractivity contribution in [2.45, 2.75) is 69.9 Å². The lowest BCUT2D eigenvalue weighted by molar-refractivity contribution is -0.143. The minimum atomic E-state index is -0.653. The summed E-state index contributed by atoms with van der Waals surface area (Å²) in [6.07, 6.45) is 4.97. The first kappa shape index (κ1) is 25.9. The molecule has 1 heterocycles. The van der Waals surface area contributed by atoms with Crippen LogP contribution in [0.2, 0.25) is 0 Å². The molecule has 0 unspecified atom stereocenters. The van der Waals surface area contributed by atoms with Gasteiger partial charge in [-0.25, -0.2) is 0 Å². The number of nitrogens with one attached hydrogen (secondary N) is 1. The van der Waals surface area contributed by atoms with Crippen LogP contribution >= 0.6 is 0 Å². The van der Waals surface area contributed by atoms with Crippen LogP contribution in [0.3, 0.4) is 0 Å². The lowest BCUT2D eigenvalue weighted by Gasteiger charge is -2.14. The van der Waals surface area contributed by atoms with Crippen molar-refractivity contribution in [1.82, 2.24) is 5.32 Å². The van der Waals surface area contributed by atoms with E-state index >= 15 is 0 Å². The molecule has 0 saturated carbocycles. The maximum atomic E-state index is 12.3. The van der Waals surface area contributed by atoms with E-state index in [4.69, 9.17) is 14.6 Å². The van der Waals surface area contributed by atoms with Gasteiger partial charge in [0.15, 0.2) is 6.29 Å². The lowest BCUT2D eigenvalue weighted by atomic mass is 9.90. The second-order valence-corrected chi connectivity index (χ2v) is 10.2. The molecule has 1 aliphatic heterocycles. The fourth-order valence-electron chi connectivity index (χ4n) is 5.53. The molecule has 3 N–H and O–H groups in total. The molecule has 37 heavy (non-hydrogen) atoms. The molecule has 196 valence electrons. The Labute approximate surface area is 217 Å². The number of ether oxygens (including phenoxy) is 2. The molecular weight excluding hydrogens is 466 g/mol. The van der Waals surface area contributed by atoms with Gasteiger partial charge in [0.2, 0.25) is 5.91 Å². The van der Waals surface area contributed by atoms with Crippen LogP contribution in [0.25, 0.3) is 32.3 Å². The molecule has 0 spiro atoms. The van der Waals surface area contributed by atoms with Crippen LogP contribution in [0.5, 0.6) is 0 Å². The number of aryl methyl sites for hydroxylation is 1. The molecule has 0 aromatic heterocycles. The number of carbonyl (C=O) groups is 1. The van der Waals surface area contributed by atoms with E-state index in [1.807, 2.05) is 0 Å². The Morgan fingerprint density at radius 1 is 0.919 bits per heavy atom. The summed E-state index contributed by atoms with van der Waals surface area (Å²) < 4.78 is 11.1. The van der Waals surface area contributed by atoms with Crippen molar-refractivity contribution in [2.24, 2.45) is 0 Å². The highest BCUT2D eigenvalue weighted by atomic mass is 16.7. The third kappa shape index (κ3) is 6.04. The molecule has 1 amide bonds. The fraction of sp³-hybridized carbons (Fsp3) is 0.452. The molecule has 4 aromatic carbocycles. The first-order chi connectivity index (χ1) is 18.1. The van der Waals surface area contributed by atoms with Crippen LogP contribution in [0.15, 0.2) is 54.6 Å². The molecule has 5 rings (SSSR count). The van der Waals surface area contributed by atoms with E-state index in [1.165, 1.54) is 37.9 Å². The molecule has 0 aliphatic carbocycles. The van der Waals surface area contributed by atoms with Gasteiger partial charge in [0.05, 0.1) is 12.7 Å². The molecule has 4 aromatic rings. The zero-order valence-corrected chi connectivity index (χ0v) is 21.3. The monoisotopic (exact) mass is 503 g/mol. The van der Waals surface area contributed by atoms with Crippen LogP contribution in [0.4, 0.5) is 0 Å². The van der Waals surface area contributed by atoms with Crippen molar-refractivity contribution in [3.8, 4) is 0 Å². The minimum absolute atomic E-state index is 0.122. The Balaban J connectivity index is 0.991. The van der Waals surface area contributed by atoms with Gasteiger partial charge in [0, 0.05) is 26.0 Å². The Morgan fingerprint density at radius 3 is 2.43 bits per heavy atom. The first-order valence-corrected chi connectivity index (χ1v) is 13.6. The number of benzene rings is 4. The maximum Gasteiger partial charge on any atom is 0.220 e. The largest absolute Gasteiger partial charge is 0.394 e.